The van der Waals surface area contributed by atoms with Crippen LogP contribution in [0.1, 0.15) is 29.8 Å². The number of anilines is 1. The van der Waals surface area contributed by atoms with Crippen LogP contribution in [-0.4, -0.2) is 15.2 Å². The molecule has 0 aliphatic heterocycles. The van der Waals surface area contributed by atoms with E-state index in [9.17, 15) is 0 Å². The van der Waals surface area contributed by atoms with Gasteiger partial charge in [0.2, 0.25) is 0 Å². The average molecular weight is 216 g/mol. The highest BCUT2D eigenvalue weighted by Gasteiger charge is 2.10. The summed E-state index contributed by atoms with van der Waals surface area (Å²) in [6.45, 7) is 6.21. The minimum Gasteiger partial charge on any atom is -0.377 e. The fraction of sp³-hybridized carbons (Fsp3) is 0.333. The van der Waals surface area contributed by atoms with Gasteiger partial charge in [0.05, 0.1) is 24.1 Å². The minimum atomic E-state index is 0.224. The Morgan fingerprint density at radius 1 is 1.31 bits per heavy atom. The number of aryl methyl sites for hydroxylation is 2. The van der Waals surface area contributed by atoms with Crippen molar-refractivity contribution in [3.8, 4) is 0 Å². The van der Waals surface area contributed by atoms with Crippen molar-refractivity contribution in [2.24, 2.45) is 0 Å². The zero-order chi connectivity index (χ0) is 11.5. The largest absolute Gasteiger partial charge is 0.377 e. The molecule has 84 valence electrons. The number of aromatic amines is 1. The molecule has 0 amide bonds. The Morgan fingerprint density at radius 3 is 2.75 bits per heavy atom. The molecule has 2 N–H and O–H groups in total. The molecule has 1 unspecified atom stereocenters. The van der Waals surface area contributed by atoms with Crippen LogP contribution in [0.3, 0.4) is 0 Å². The molecular formula is C12H16N4. The smallest absolute Gasteiger partial charge is 0.0561 e. The van der Waals surface area contributed by atoms with E-state index in [1.807, 2.05) is 25.4 Å². The average Bonchev–Trinajstić information content (AvgIpc) is 2.68. The lowest BCUT2D eigenvalue weighted by Gasteiger charge is -2.15. The third-order valence-corrected chi connectivity index (χ3v) is 2.75. The molecule has 0 spiro atoms. The lowest BCUT2D eigenvalue weighted by Crippen LogP contribution is -2.08. The first-order valence-electron chi connectivity index (χ1n) is 5.35. The molecule has 0 saturated heterocycles. The van der Waals surface area contributed by atoms with Crippen LogP contribution in [0.2, 0.25) is 0 Å². The summed E-state index contributed by atoms with van der Waals surface area (Å²) < 4.78 is 0. The Kier molecular flexibility index (Phi) is 2.90. The van der Waals surface area contributed by atoms with Crippen molar-refractivity contribution in [2.75, 3.05) is 5.32 Å². The van der Waals surface area contributed by atoms with Crippen LogP contribution in [0, 0.1) is 13.8 Å². The fourth-order valence-electron chi connectivity index (χ4n) is 1.72. The summed E-state index contributed by atoms with van der Waals surface area (Å²) in [5, 5.41) is 10.4. The van der Waals surface area contributed by atoms with E-state index in [-0.39, 0.29) is 6.04 Å². The van der Waals surface area contributed by atoms with Crippen LogP contribution < -0.4 is 5.32 Å². The normalized spacial score (nSPS) is 12.4. The Hall–Kier alpha value is -1.84. The zero-order valence-corrected chi connectivity index (χ0v) is 9.78. The SMILES string of the molecule is Cc1ccncc1NC(C)c1cn[nH]c1C. The monoisotopic (exact) mass is 216 g/mol. The molecule has 2 rings (SSSR count). The van der Waals surface area contributed by atoms with E-state index in [0.717, 1.165) is 11.4 Å². The second kappa shape index (κ2) is 4.35. The predicted octanol–water partition coefficient (Wildman–Crippen LogP) is 2.59. The van der Waals surface area contributed by atoms with Gasteiger partial charge in [0, 0.05) is 17.5 Å². The minimum absolute atomic E-state index is 0.224. The molecule has 4 nitrogen and oxygen atoms in total. The standard InChI is InChI=1S/C12H16N4/c1-8-4-5-13-7-12(8)15-9(2)11-6-14-16-10(11)3/h4-7,9,15H,1-3H3,(H,14,16). The number of hydrogen-bond donors (Lipinski definition) is 2. The van der Waals surface area contributed by atoms with Crippen LogP contribution in [0.25, 0.3) is 0 Å². The van der Waals surface area contributed by atoms with Crippen molar-refractivity contribution in [1.29, 1.82) is 0 Å². The molecule has 0 aliphatic rings. The second-order valence-corrected chi connectivity index (χ2v) is 4.01. The number of hydrogen-bond acceptors (Lipinski definition) is 3. The third kappa shape index (κ3) is 2.05. The molecule has 2 heterocycles. The molecule has 2 aromatic heterocycles. The number of nitrogens with zero attached hydrogens (tertiary/aromatic N) is 2. The summed E-state index contributed by atoms with van der Waals surface area (Å²) in [4.78, 5) is 4.12. The number of nitrogens with one attached hydrogen (secondary N) is 2. The van der Waals surface area contributed by atoms with Gasteiger partial charge in [-0.1, -0.05) is 0 Å². The fourth-order valence-corrected chi connectivity index (χ4v) is 1.72. The highest BCUT2D eigenvalue weighted by molar-refractivity contribution is 5.49. The number of pyridine rings is 1. The van der Waals surface area contributed by atoms with Gasteiger partial charge in [-0.3, -0.25) is 10.1 Å². The van der Waals surface area contributed by atoms with Gasteiger partial charge in [-0.25, -0.2) is 0 Å². The van der Waals surface area contributed by atoms with Gasteiger partial charge in [-0.15, -0.1) is 0 Å². The van der Waals surface area contributed by atoms with Crippen LogP contribution in [0.15, 0.2) is 24.7 Å². The molecule has 1 atom stereocenters. The Balaban J connectivity index is 2.17. The van der Waals surface area contributed by atoms with Crippen LogP contribution >= 0.6 is 0 Å². The highest BCUT2D eigenvalue weighted by atomic mass is 15.1. The number of rotatable bonds is 3. The van der Waals surface area contributed by atoms with Crippen molar-refractivity contribution in [2.45, 2.75) is 26.8 Å². The maximum Gasteiger partial charge on any atom is 0.0561 e. The molecule has 0 bridgehead atoms. The van der Waals surface area contributed by atoms with Crippen molar-refractivity contribution >= 4 is 5.69 Å². The summed E-state index contributed by atoms with van der Waals surface area (Å²) >= 11 is 0. The first-order chi connectivity index (χ1) is 7.68. The van der Waals surface area contributed by atoms with Crippen LogP contribution in [0.4, 0.5) is 5.69 Å². The van der Waals surface area contributed by atoms with Gasteiger partial charge in [0.15, 0.2) is 0 Å². The van der Waals surface area contributed by atoms with Crippen molar-refractivity contribution in [3.05, 3.63) is 41.5 Å². The van der Waals surface area contributed by atoms with Gasteiger partial charge in [0.1, 0.15) is 0 Å². The van der Waals surface area contributed by atoms with Gasteiger partial charge in [-0.2, -0.15) is 5.10 Å². The summed E-state index contributed by atoms with van der Waals surface area (Å²) in [5.41, 5.74) is 4.54. The van der Waals surface area contributed by atoms with Crippen LogP contribution in [0.5, 0.6) is 0 Å². The zero-order valence-electron chi connectivity index (χ0n) is 9.78. The first kappa shape index (κ1) is 10.7. The van der Waals surface area contributed by atoms with Gasteiger partial charge in [-0.05, 0) is 32.4 Å². The predicted molar refractivity (Wildman–Crippen MR) is 64.3 cm³/mol. The molecule has 0 saturated carbocycles. The highest BCUT2D eigenvalue weighted by Crippen LogP contribution is 2.21. The molecule has 0 radical (unpaired) electrons. The lowest BCUT2D eigenvalue weighted by atomic mass is 10.1. The Bertz CT molecular complexity index is 475. The van der Waals surface area contributed by atoms with Crippen molar-refractivity contribution in [1.82, 2.24) is 15.2 Å². The molecule has 4 heteroatoms. The number of H-pyrrole nitrogens is 1. The molecule has 2 aromatic rings. The second-order valence-electron chi connectivity index (χ2n) is 4.01. The molecule has 0 fully saturated rings. The molecule has 0 aromatic carbocycles. The third-order valence-electron chi connectivity index (χ3n) is 2.75. The quantitative estimate of drug-likeness (QED) is 0.829. The van der Waals surface area contributed by atoms with Crippen molar-refractivity contribution in [3.63, 3.8) is 0 Å². The van der Waals surface area contributed by atoms with Crippen molar-refractivity contribution < 1.29 is 0 Å². The van der Waals surface area contributed by atoms with Gasteiger partial charge in [0.25, 0.3) is 0 Å². The molecule has 0 aliphatic carbocycles. The summed E-state index contributed by atoms with van der Waals surface area (Å²) in [6, 6.07) is 2.22. The Labute approximate surface area is 95.1 Å². The van der Waals surface area contributed by atoms with E-state index in [1.165, 1.54) is 11.1 Å². The summed E-state index contributed by atoms with van der Waals surface area (Å²) in [6.07, 6.45) is 5.51. The first-order valence-corrected chi connectivity index (χ1v) is 5.35. The summed E-state index contributed by atoms with van der Waals surface area (Å²) in [5.74, 6) is 0. The van der Waals surface area contributed by atoms with E-state index in [1.54, 1.807) is 6.20 Å². The Morgan fingerprint density at radius 2 is 2.12 bits per heavy atom. The number of aromatic nitrogens is 3. The lowest BCUT2D eigenvalue weighted by molar-refractivity contribution is 0.870. The maximum absolute atomic E-state index is 4.12. The van der Waals surface area contributed by atoms with Crippen LogP contribution in [-0.2, 0) is 0 Å². The van der Waals surface area contributed by atoms with Gasteiger partial charge < -0.3 is 5.32 Å². The topological polar surface area (TPSA) is 53.6 Å². The van der Waals surface area contributed by atoms with E-state index < -0.39 is 0 Å². The van der Waals surface area contributed by atoms with E-state index in [0.29, 0.717) is 0 Å². The molecule has 16 heavy (non-hydrogen) atoms. The van der Waals surface area contributed by atoms with E-state index in [4.69, 9.17) is 0 Å². The molecular weight excluding hydrogens is 200 g/mol. The van der Waals surface area contributed by atoms with Gasteiger partial charge >= 0.3 is 0 Å². The maximum atomic E-state index is 4.12. The summed E-state index contributed by atoms with van der Waals surface area (Å²) in [7, 11) is 0. The van der Waals surface area contributed by atoms with E-state index in [2.05, 4.69) is 34.3 Å². The van der Waals surface area contributed by atoms with E-state index >= 15 is 0 Å².